The molecule has 0 aromatic carbocycles. The maximum Gasteiger partial charge on any atom is 0.310 e. The highest BCUT2D eigenvalue weighted by Gasteiger charge is 2.74. The van der Waals surface area contributed by atoms with E-state index in [0.717, 1.165) is 25.7 Å². The van der Waals surface area contributed by atoms with Crippen molar-refractivity contribution in [1.29, 1.82) is 0 Å². The molecule has 2 bridgehead atoms. The molecule has 7 nitrogen and oxygen atoms in total. The number of hydrogen-bond acceptors (Lipinski definition) is 6. The first-order valence-corrected chi connectivity index (χ1v) is 12.2. The second kappa shape index (κ2) is 9.47. The van der Waals surface area contributed by atoms with Crippen molar-refractivity contribution < 1.29 is 24.2 Å². The molecule has 3 saturated heterocycles. The molecular formula is C22H36N2O5S. The van der Waals surface area contributed by atoms with Crippen LogP contribution < -0.4 is 5.32 Å². The molecule has 170 valence electrons. The van der Waals surface area contributed by atoms with Crippen LogP contribution in [0.25, 0.3) is 0 Å². The largest absolute Gasteiger partial charge is 0.466 e. The lowest BCUT2D eigenvalue weighted by Gasteiger charge is -2.37. The first-order valence-electron chi connectivity index (χ1n) is 11.4. The maximum absolute atomic E-state index is 13.7. The Balaban J connectivity index is 1.98. The van der Waals surface area contributed by atoms with Crippen LogP contribution in [-0.2, 0) is 19.1 Å². The third-order valence-corrected chi connectivity index (χ3v) is 8.67. The number of fused-ring (bicyclic) bond motifs is 1. The lowest BCUT2D eigenvalue weighted by molar-refractivity contribution is -0.154. The molecule has 2 amide bonds. The summed E-state index contributed by atoms with van der Waals surface area (Å²) >= 11 is 1.64. The van der Waals surface area contributed by atoms with Gasteiger partial charge in [0.1, 0.15) is 6.04 Å². The van der Waals surface area contributed by atoms with E-state index in [0.29, 0.717) is 13.0 Å². The Morgan fingerprint density at radius 1 is 1.37 bits per heavy atom. The van der Waals surface area contributed by atoms with Crippen LogP contribution in [0.3, 0.4) is 0 Å². The Labute approximate surface area is 183 Å². The molecule has 0 aromatic rings. The van der Waals surface area contributed by atoms with Gasteiger partial charge in [-0.3, -0.25) is 14.4 Å². The number of carbonyl (C=O) groups is 3. The zero-order chi connectivity index (χ0) is 22.1. The highest BCUT2D eigenvalue weighted by molar-refractivity contribution is 8.02. The highest BCUT2D eigenvalue weighted by atomic mass is 32.2. The molecule has 8 heteroatoms. The minimum atomic E-state index is -0.655. The van der Waals surface area contributed by atoms with Gasteiger partial charge in [-0.05, 0) is 38.5 Å². The lowest BCUT2D eigenvalue weighted by Crippen LogP contribution is -2.56. The Kier molecular flexibility index (Phi) is 7.38. The molecule has 0 saturated carbocycles. The third-order valence-electron chi connectivity index (χ3n) is 6.72. The summed E-state index contributed by atoms with van der Waals surface area (Å²) in [5.41, 5.74) is 0. The Morgan fingerprint density at radius 3 is 2.70 bits per heavy atom. The Bertz CT molecular complexity index is 672. The summed E-state index contributed by atoms with van der Waals surface area (Å²) in [5, 5.41) is 13.2. The summed E-state index contributed by atoms with van der Waals surface area (Å²) in [5.74, 6) is -1.45. The monoisotopic (exact) mass is 440 g/mol. The fraction of sp³-hybridized carbons (Fsp3) is 0.864. The van der Waals surface area contributed by atoms with Gasteiger partial charge in [-0.25, -0.2) is 0 Å². The number of thioether (sulfide) groups is 1. The fourth-order valence-electron chi connectivity index (χ4n) is 5.60. The molecule has 3 aliphatic rings. The number of amides is 2. The van der Waals surface area contributed by atoms with Crippen molar-refractivity contribution in [3.05, 3.63) is 0 Å². The normalized spacial score (nSPS) is 33.1. The molecule has 0 aliphatic carbocycles. The highest BCUT2D eigenvalue weighted by Crippen LogP contribution is 2.66. The SMILES string of the molecule is CCCCNC(=O)C1N([C@@H](CO)CC(C)C)C(=O)[C@@H]2[C@H](C(=O)OCC)[C@@H]3CCC12S3. The van der Waals surface area contributed by atoms with Crippen LogP contribution >= 0.6 is 11.8 Å². The minimum Gasteiger partial charge on any atom is -0.466 e. The Hall–Kier alpha value is -1.28. The van der Waals surface area contributed by atoms with E-state index in [1.165, 1.54) is 0 Å². The van der Waals surface area contributed by atoms with E-state index in [2.05, 4.69) is 12.2 Å². The standard InChI is InChI=1S/C22H36N2O5S/c1-5-7-10-23-19(26)18-22-9-8-15(30-22)16(21(28)29-6-2)17(22)20(27)24(18)14(12-25)11-13(3)4/h13-18,25H,5-12H2,1-4H3,(H,23,26)/t14-,15+,16-,17+,18?,22?/m1/s1. The molecular weight excluding hydrogens is 404 g/mol. The average molecular weight is 441 g/mol. The maximum atomic E-state index is 13.7. The number of rotatable bonds is 10. The number of ether oxygens (including phenoxy) is 1. The number of esters is 1. The van der Waals surface area contributed by atoms with E-state index in [1.54, 1.807) is 23.6 Å². The molecule has 2 N–H and O–H groups in total. The molecule has 2 unspecified atom stereocenters. The van der Waals surface area contributed by atoms with E-state index < -0.39 is 28.7 Å². The van der Waals surface area contributed by atoms with Gasteiger partial charge in [0.25, 0.3) is 0 Å². The summed E-state index contributed by atoms with van der Waals surface area (Å²) in [6.45, 7) is 8.57. The second-order valence-corrected chi connectivity index (χ2v) is 10.8. The molecule has 1 spiro atoms. The fourth-order valence-corrected chi connectivity index (χ4v) is 7.79. The van der Waals surface area contributed by atoms with Crippen molar-refractivity contribution in [2.75, 3.05) is 19.8 Å². The predicted octanol–water partition coefficient (Wildman–Crippen LogP) is 1.96. The van der Waals surface area contributed by atoms with Gasteiger partial charge in [0, 0.05) is 11.8 Å². The van der Waals surface area contributed by atoms with Gasteiger partial charge in [0.15, 0.2) is 0 Å². The van der Waals surface area contributed by atoms with Gasteiger partial charge in [-0.2, -0.15) is 0 Å². The third kappa shape index (κ3) is 3.85. The van der Waals surface area contributed by atoms with Crippen molar-refractivity contribution in [1.82, 2.24) is 10.2 Å². The number of aliphatic hydroxyl groups is 1. The van der Waals surface area contributed by atoms with Crippen LogP contribution in [-0.4, -0.2) is 69.6 Å². The first-order chi connectivity index (χ1) is 14.3. The van der Waals surface area contributed by atoms with Crippen molar-refractivity contribution in [3.63, 3.8) is 0 Å². The average Bonchev–Trinajstić information content (AvgIpc) is 3.33. The van der Waals surface area contributed by atoms with Crippen LogP contribution in [0.4, 0.5) is 0 Å². The zero-order valence-electron chi connectivity index (χ0n) is 18.6. The number of nitrogens with zero attached hydrogens (tertiary/aromatic N) is 1. The van der Waals surface area contributed by atoms with Gasteiger partial charge < -0.3 is 20.1 Å². The lowest BCUT2D eigenvalue weighted by atomic mass is 9.71. The summed E-state index contributed by atoms with van der Waals surface area (Å²) in [6, 6.07) is -1.08. The summed E-state index contributed by atoms with van der Waals surface area (Å²) in [7, 11) is 0. The number of hydrogen-bond donors (Lipinski definition) is 2. The molecule has 3 aliphatic heterocycles. The van der Waals surface area contributed by atoms with Crippen molar-refractivity contribution >= 4 is 29.5 Å². The predicted molar refractivity (Wildman–Crippen MR) is 116 cm³/mol. The van der Waals surface area contributed by atoms with Crippen LogP contribution in [0.5, 0.6) is 0 Å². The van der Waals surface area contributed by atoms with Crippen molar-refractivity contribution in [2.24, 2.45) is 17.8 Å². The second-order valence-electron chi connectivity index (χ2n) is 9.16. The van der Waals surface area contributed by atoms with E-state index in [-0.39, 0.29) is 42.2 Å². The van der Waals surface area contributed by atoms with E-state index in [9.17, 15) is 19.5 Å². The number of aliphatic hydroxyl groups excluding tert-OH is 1. The quantitative estimate of drug-likeness (QED) is 0.398. The summed E-state index contributed by atoms with van der Waals surface area (Å²) < 4.78 is 4.71. The molecule has 30 heavy (non-hydrogen) atoms. The van der Waals surface area contributed by atoms with Crippen LogP contribution in [0.1, 0.15) is 59.8 Å². The van der Waals surface area contributed by atoms with Crippen molar-refractivity contribution in [2.45, 2.75) is 81.9 Å². The Morgan fingerprint density at radius 2 is 2.10 bits per heavy atom. The molecule has 3 fully saturated rings. The molecule has 6 atom stereocenters. The topological polar surface area (TPSA) is 95.9 Å². The number of unbranched alkanes of at least 4 members (excludes halogenated alkanes) is 1. The van der Waals surface area contributed by atoms with Gasteiger partial charge >= 0.3 is 5.97 Å². The number of likely N-dealkylation sites (tertiary alicyclic amines) is 1. The molecule has 3 heterocycles. The van der Waals surface area contributed by atoms with Gasteiger partial charge in [-0.15, -0.1) is 11.8 Å². The smallest absolute Gasteiger partial charge is 0.310 e. The summed E-state index contributed by atoms with van der Waals surface area (Å²) in [4.78, 5) is 41.5. The molecule has 0 radical (unpaired) electrons. The number of nitrogens with one attached hydrogen (secondary N) is 1. The van der Waals surface area contributed by atoms with Gasteiger partial charge in [0.2, 0.25) is 11.8 Å². The molecule has 0 aromatic heterocycles. The van der Waals surface area contributed by atoms with Crippen molar-refractivity contribution in [3.8, 4) is 0 Å². The van der Waals surface area contributed by atoms with Crippen LogP contribution in [0.15, 0.2) is 0 Å². The number of carbonyl (C=O) groups excluding carboxylic acids is 3. The zero-order valence-corrected chi connectivity index (χ0v) is 19.4. The van der Waals surface area contributed by atoms with Gasteiger partial charge in [-0.1, -0.05) is 27.2 Å². The van der Waals surface area contributed by atoms with Crippen LogP contribution in [0, 0.1) is 17.8 Å². The van der Waals surface area contributed by atoms with E-state index >= 15 is 0 Å². The minimum absolute atomic E-state index is 0.0174. The molecule has 3 rings (SSSR count). The van der Waals surface area contributed by atoms with E-state index in [1.807, 2.05) is 13.8 Å². The summed E-state index contributed by atoms with van der Waals surface area (Å²) in [6.07, 6.45) is 3.99. The van der Waals surface area contributed by atoms with Gasteiger partial charge in [0.05, 0.1) is 35.8 Å². The van der Waals surface area contributed by atoms with Crippen LogP contribution in [0.2, 0.25) is 0 Å². The first kappa shape index (κ1) is 23.4. The van der Waals surface area contributed by atoms with E-state index in [4.69, 9.17) is 4.74 Å².